The van der Waals surface area contributed by atoms with Crippen molar-refractivity contribution in [2.45, 2.75) is 6.42 Å². The normalized spacial score (nSPS) is 10.7. The van der Waals surface area contributed by atoms with Crippen molar-refractivity contribution in [2.24, 2.45) is 5.10 Å². The SMILES string of the molecule is C=CCc1cc(/C=N\NC(=O)c2cccc3ccccc23)cc(OC)c1OCC(=O)O. The van der Waals surface area contributed by atoms with Crippen LogP contribution in [-0.2, 0) is 11.2 Å². The van der Waals surface area contributed by atoms with Crippen LogP contribution in [0.1, 0.15) is 21.5 Å². The second-order valence-electron chi connectivity index (χ2n) is 6.61. The number of hydrazone groups is 1. The standard InChI is InChI=1S/C24H22N2O5/c1-3-7-18-12-16(13-21(30-2)23(18)31-15-22(27)28)14-25-26-24(29)20-11-6-9-17-8-4-5-10-19(17)20/h3-6,8-14H,1,7,15H2,2H3,(H,26,29)(H,27,28)/b25-14-. The number of carboxylic acid groups (broad SMARTS) is 1. The van der Waals surface area contributed by atoms with Gasteiger partial charge in [-0.1, -0.05) is 42.5 Å². The van der Waals surface area contributed by atoms with Crippen molar-refractivity contribution in [3.63, 3.8) is 0 Å². The Morgan fingerprint density at radius 1 is 1.16 bits per heavy atom. The summed E-state index contributed by atoms with van der Waals surface area (Å²) in [5.74, 6) is -0.717. The first kappa shape index (κ1) is 21.6. The van der Waals surface area contributed by atoms with Crippen LogP contribution in [0.3, 0.4) is 0 Å². The van der Waals surface area contributed by atoms with Crippen LogP contribution in [0.4, 0.5) is 0 Å². The first-order chi connectivity index (χ1) is 15.0. The zero-order chi connectivity index (χ0) is 22.2. The van der Waals surface area contributed by atoms with Gasteiger partial charge in [-0.15, -0.1) is 6.58 Å². The Kier molecular flexibility index (Phi) is 7.01. The molecule has 3 rings (SSSR count). The van der Waals surface area contributed by atoms with E-state index >= 15 is 0 Å². The van der Waals surface area contributed by atoms with Crippen LogP contribution < -0.4 is 14.9 Å². The van der Waals surface area contributed by atoms with Gasteiger partial charge in [-0.25, -0.2) is 10.2 Å². The summed E-state index contributed by atoms with van der Waals surface area (Å²) in [4.78, 5) is 23.5. The number of carbonyl (C=O) groups excluding carboxylic acids is 1. The Balaban J connectivity index is 1.82. The van der Waals surface area contributed by atoms with Crippen LogP contribution in [0.25, 0.3) is 10.8 Å². The molecule has 1 amide bonds. The largest absolute Gasteiger partial charge is 0.493 e. The van der Waals surface area contributed by atoms with Crippen LogP contribution in [0.15, 0.2) is 72.4 Å². The number of carboxylic acids is 1. The molecule has 0 atom stereocenters. The number of allylic oxidation sites excluding steroid dienone is 1. The topological polar surface area (TPSA) is 97.2 Å². The number of benzene rings is 3. The van der Waals surface area contributed by atoms with Crippen molar-refractivity contribution in [3.8, 4) is 11.5 Å². The summed E-state index contributed by atoms with van der Waals surface area (Å²) >= 11 is 0. The van der Waals surface area contributed by atoms with Gasteiger partial charge in [0.15, 0.2) is 18.1 Å². The van der Waals surface area contributed by atoms with Gasteiger partial charge in [0.25, 0.3) is 5.91 Å². The van der Waals surface area contributed by atoms with E-state index in [2.05, 4.69) is 17.1 Å². The number of methoxy groups -OCH3 is 1. The van der Waals surface area contributed by atoms with Gasteiger partial charge in [0.1, 0.15) is 0 Å². The van der Waals surface area contributed by atoms with E-state index in [9.17, 15) is 9.59 Å². The molecule has 7 nitrogen and oxygen atoms in total. The Morgan fingerprint density at radius 2 is 1.94 bits per heavy atom. The average molecular weight is 418 g/mol. The highest BCUT2D eigenvalue weighted by molar-refractivity contribution is 6.07. The van der Waals surface area contributed by atoms with Crippen LogP contribution in [0.2, 0.25) is 0 Å². The lowest BCUT2D eigenvalue weighted by Gasteiger charge is -2.14. The maximum atomic E-state index is 12.6. The first-order valence-corrected chi connectivity index (χ1v) is 9.51. The van der Waals surface area contributed by atoms with E-state index in [0.29, 0.717) is 34.6 Å². The maximum Gasteiger partial charge on any atom is 0.341 e. The van der Waals surface area contributed by atoms with Gasteiger partial charge in [-0.2, -0.15) is 5.10 Å². The van der Waals surface area contributed by atoms with Crippen molar-refractivity contribution in [3.05, 3.63) is 83.9 Å². The van der Waals surface area contributed by atoms with E-state index in [1.165, 1.54) is 13.3 Å². The Hall–Kier alpha value is -4.13. The summed E-state index contributed by atoms with van der Waals surface area (Å²) in [5.41, 5.74) is 4.41. The minimum absolute atomic E-state index is 0.326. The number of carbonyl (C=O) groups is 2. The van der Waals surface area contributed by atoms with Crippen molar-refractivity contribution in [2.75, 3.05) is 13.7 Å². The predicted molar refractivity (Wildman–Crippen MR) is 119 cm³/mol. The van der Waals surface area contributed by atoms with Crippen molar-refractivity contribution in [1.29, 1.82) is 0 Å². The second kappa shape index (κ2) is 10.1. The molecule has 2 N–H and O–H groups in total. The molecule has 31 heavy (non-hydrogen) atoms. The number of hydrogen-bond donors (Lipinski definition) is 2. The third kappa shape index (κ3) is 5.27. The number of ether oxygens (including phenoxy) is 2. The van der Waals surface area contributed by atoms with E-state index in [0.717, 1.165) is 10.8 Å². The number of nitrogens with one attached hydrogen (secondary N) is 1. The van der Waals surface area contributed by atoms with Gasteiger partial charge < -0.3 is 14.6 Å². The molecule has 3 aromatic rings. The highest BCUT2D eigenvalue weighted by Gasteiger charge is 2.14. The predicted octanol–water partition coefficient (Wildman–Crippen LogP) is 3.80. The molecule has 0 aliphatic rings. The number of aliphatic carboxylic acids is 1. The molecule has 0 spiro atoms. The maximum absolute atomic E-state index is 12.6. The monoisotopic (exact) mass is 418 g/mol. The fourth-order valence-electron chi connectivity index (χ4n) is 3.16. The second-order valence-corrected chi connectivity index (χ2v) is 6.61. The molecule has 0 aromatic heterocycles. The van der Waals surface area contributed by atoms with Gasteiger partial charge in [0.05, 0.1) is 13.3 Å². The van der Waals surface area contributed by atoms with Crippen LogP contribution >= 0.6 is 0 Å². The molecule has 0 bridgehead atoms. The number of fused-ring (bicyclic) bond motifs is 1. The molecule has 0 fully saturated rings. The lowest BCUT2D eigenvalue weighted by Crippen LogP contribution is -2.18. The Morgan fingerprint density at radius 3 is 2.68 bits per heavy atom. The zero-order valence-corrected chi connectivity index (χ0v) is 17.0. The third-order valence-corrected chi connectivity index (χ3v) is 4.49. The summed E-state index contributed by atoms with van der Waals surface area (Å²) in [7, 11) is 1.46. The summed E-state index contributed by atoms with van der Waals surface area (Å²) in [5, 5.41) is 14.8. The molecule has 0 unspecified atom stereocenters. The van der Waals surface area contributed by atoms with Crippen LogP contribution in [0, 0.1) is 0 Å². The number of rotatable bonds is 9. The lowest BCUT2D eigenvalue weighted by molar-refractivity contribution is -0.139. The van der Waals surface area contributed by atoms with E-state index in [-0.39, 0.29) is 5.91 Å². The van der Waals surface area contributed by atoms with Gasteiger partial charge in [-0.05, 0) is 41.0 Å². The average Bonchev–Trinajstić information content (AvgIpc) is 2.77. The van der Waals surface area contributed by atoms with E-state index in [1.54, 1.807) is 24.3 Å². The molecule has 7 heteroatoms. The molecular weight excluding hydrogens is 396 g/mol. The summed E-state index contributed by atoms with van der Waals surface area (Å²) < 4.78 is 10.7. The minimum Gasteiger partial charge on any atom is -0.493 e. The summed E-state index contributed by atoms with van der Waals surface area (Å²) in [6.07, 6.45) is 3.60. The molecule has 0 heterocycles. The number of nitrogens with zero attached hydrogens (tertiary/aromatic N) is 1. The van der Waals surface area contributed by atoms with E-state index in [1.807, 2.05) is 36.4 Å². The van der Waals surface area contributed by atoms with Crippen LogP contribution in [0.5, 0.6) is 11.5 Å². The molecule has 0 radical (unpaired) electrons. The zero-order valence-electron chi connectivity index (χ0n) is 17.0. The van der Waals surface area contributed by atoms with Gasteiger partial charge in [-0.3, -0.25) is 4.79 Å². The quantitative estimate of drug-likeness (QED) is 0.313. The van der Waals surface area contributed by atoms with E-state index in [4.69, 9.17) is 14.6 Å². The fourth-order valence-corrected chi connectivity index (χ4v) is 3.16. The molecular formula is C24H22N2O5. The molecule has 158 valence electrons. The van der Waals surface area contributed by atoms with Gasteiger partial charge in [0.2, 0.25) is 0 Å². The van der Waals surface area contributed by atoms with Crippen molar-refractivity contribution < 1.29 is 24.2 Å². The smallest absolute Gasteiger partial charge is 0.341 e. The van der Waals surface area contributed by atoms with Crippen LogP contribution in [-0.4, -0.2) is 36.9 Å². The molecule has 0 saturated carbocycles. The van der Waals surface area contributed by atoms with Crippen molar-refractivity contribution in [1.82, 2.24) is 5.43 Å². The lowest BCUT2D eigenvalue weighted by atomic mass is 10.0. The Bertz CT molecular complexity index is 1150. The Labute approximate surface area is 179 Å². The first-order valence-electron chi connectivity index (χ1n) is 9.51. The molecule has 0 aliphatic heterocycles. The molecule has 0 aliphatic carbocycles. The molecule has 0 saturated heterocycles. The highest BCUT2D eigenvalue weighted by atomic mass is 16.5. The third-order valence-electron chi connectivity index (χ3n) is 4.49. The summed E-state index contributed by atoms with van der Waals surface area (Å²) in [6.45, 7) is 3.23. The number of hydrogen-bond acceptors (Lipinski definition) is 5. The van der Waals surface area contributed by atoms with Gasteiger partial charge in [0, 0.05) is 11.1 Å². The summed E-state index contributed by atoms with van der Waals surface area (Å²) in [6, 6.07) is 16.6. The minimum atomic E-state index is -1.09. The van der Waals surface area contributed by atoms with Crippen molar-refractivity contribution >= 4 is 28.9 Å². The molecule has 3 aromatic carbocycles. The van der Waals surface area contributed by atoms with E-state index < -0.39 is 12.6 Å². The van der Waals surface area contributed by atoms with Gasteiger partial charge >= 0.3 is 5.97 Å². The fraction of sp³-hybridized carbons (Fsp3) is 0.125. The highest BCUT2D eigenvalue weighted by Crippen LogP contribution is 2.33. The number of amides is 1.